The van der Waals surface area contributed by atoms with Gasteiger partial charge < -0.3 is 15.4 Å². The molecule has 1 aromatic heterocycles. The first-order chi connectivity index (χ1) is 14.3. The van der Waals surface area contributed by atoms with Crippen molar-refractivity contribution in [2.45, 2.75) is 25.4 Å². The quantitative estimate of drug-likeness (QED) is 0.607. The standard InChI is InChI=1S/C24H26N2O2S/c27-24(26-17-12-18-4-2-1-3-5-18)23-11-10-22(29-23)19-6-8-20(9-7-19)28-21-13-15-25-16-14-21/h1-11,21,25H,12-17H2,(H,26,27). The normalized spacial score (nSPS) is 14.5. The van der Waals surface area contributed by atoms with Crippen molar-refractivity contribution in [1.82, 2.24) is 10.6 Å². The first kappa shape index (κ1) is 19.7. The van der Waals surface area contributed by atoms with Gasteiger partial charge in [0.1, 0.15) is 11.9 Å². The zero-order valence-corrected chi connectivity index (χ0v) is 17.2. The second-order valence-electron chi connectivity index (χ2n) is 7.25. The Morgan fingerprint density at radius 2 is 1.76 bits per heavy atom. The second kappa shape index (κ2) is 9.72. The van der Waals surface area contributed by atoms with Gasteiger partial charge in [0.25, 0.3) is 5.91 Å². The number of ether oxygens (including phenoxy) is 1. The Morgan fingerprint density at radius 1 is 1.00 bits per heavy atom. The van der Waals surface area contributed by atoms with E-state index in [2.05, 4.69) is 34.9 Å². The van der Waals surface area contributed by atoms with E-state index in [1.54, 1.807) is 0 Å². The molecular formula is C24H26N2O2S. The largest absolute Gasteiger partial charge is 0.490 e. The number of amides is 1. The van der Waals surface area contributed by atoms with E-state index in [1.807, 2.05) is 42.5 Å². The summed E-state index contributed by atoms with van der Waals surface area (Å²) in [6.07, 6.45) is 3.24. The molecule has 0 unspecified atom stereocenters. The molecule has 0 saturated carbocycles. The number of nitrogens with one attached hydrogen (secondary N) is 2. The molecule has 4 rings (SSSR count). The van der Waals surface area contributed by atoms with Crippen molar-refractivity contribution in [2.75, 3.05) is 19.6 Å². The fourth-order valence-electron chi connectivity index (χ4n) is 3.47. The number of hydrogen-bond acceptors (Lipinski definition) is 4. The molecule has 5 heteroatoms. The van der Waals surface area contributed by atoms with Crippen LogP contribution in [0.5, 0.6) is 5.75 Å². The molecular weight excluding hydrogens is 380 g/mol. The van der Waals surface area contributed by atoms with E-state index in [0.717, 1.165) is 53.4 Å². The van der Waals surface area contributed by atoms with Gasteiger partial charge in [-0.3, -0.25) is 4.79 Å². The van der Waals surface area contributed by atoms with Crippen LogP contribution in [0.1, 0.15) is 28.1 Å². The maximum atomic E-state index is 12.4. The molecule has 0 radical (unpaired) electrons. The highest BCUT2D eigenvalue weighted by Crippen LogP contribution is 2.30. The number of rotatable bonds is 7. The number of thiophene rings is 1. The van der Waals surface area contributed by atoms with Crippen LogP contribution in [0.25, 0.3) is 10.4 Å². The van der Waals surface area contributed by atoms with E-state index in [1.165, 1.54) is 16.9 Å². The highest BCUT2D eigenvalue weighted by atomic mass is 32.1. The molecule has 150 valence electrons. The Labute approximate surface area is 175 Å². The van der Waals surface area contributed by atoms with Crippen molar-refractivity contribution in [1.29, 1.82) is 0 Å². The van der Waals surface area contributed by atoms with Gasteiger partial charge in [-0.25, -0.2) is 0 Å². The lowest BCUT2D eigenvalue weighted by atomic mass is 10.1. The summed E-state index contributed by atoms with van der Waals surface area (Å²) in [6, 6.07) is 22.3. The minimum absolute atomic E-state index is 0.0111. The summed E-state index contributed by atoms with van der Waals surface area (Å²) in [5, 5.41) is 6.37. The molecule has 0 spiro atoms. The topological polar surface area (TPSA) is 50.4 Å². The molecule has 3 aromatic rings. The third-order valence-corrected chi connectivity index (χ3v) is 6.23. The van der Waals surface area contributed by atoms with Crippen LogP contribution in [-0.4, -0.2) is 31.6 Å². The molecule has 1 amide bonds. The summed E-state index contributed by atoms with van der Waals surface area (Å²) in [6.45, 7) is 2.68. The van der Waals surface area contributed by atoms with Gasteiger partial charge in [-0.05, 0) is 79.9 Å². The number of carbonyl (C=O) groups is 1. The molecule has 2 heterocycles. The maximum absolute atomic E-state index is 12.4. The monoisotopic (exact) mass is 406 g/mol. The van der Waals surface area contributed by atoms with Gasteiger partial charge >= 0.3 is 0 Å². The number of piperidine rings is 1. The van der Waals surface area contributed by atoms with Crippen molar-refractivity contribution in [3.63, 3.8) is 0 Å². The van der Waals surface area contributed by atoms with Crippen LogP contribution in [0, 0.1) is 0 Å². The van der Waals surface area contributed by atoms with Gasteiger partial charge in [0.05, 0.1) is 4.88 Å². The number of carbonyl (C=O) groups excluding carboxylic acids is 1. The third-order valence-electron chi connectivity index (χ3n) is 5.10. The van der Waals surface area contributed by atoms with E-state index in [-0.39, 0.29) is 5.91 Å². The Bertz CT molecular complexity index is 916. The van der Waals surface area contributed by atoms with Gasteiger partial charge in [0, 0.05) is 11.4 Å². The Kier molecular flexibility index (Phi) is 6.60. The van der Waals surface area contributed by atoms with E-state index >= 15 is 0 Å². The summed E-state index contributed by atoms with van der Waals surface area (Å²) in [4.78, 5) is 14.3. The lowest BCUT2D eigenvalue weighted by molar-refractivity contribution is 0.0958. The van der Waals surface area contributed by atoms with Crippen molar-refractivity contribution < 1.29 is 9.53 Å². The predicted molar refractivity (Wildman–Crippen MR) is 119 cm³/mol. The average molecular weight is 407 g/mol. The zero-order valence-electron chi connectivity index (χ0n) is 16.4. The molecule has 1 fully saturated rings. The summed E-state index contributed by atoms with van der Waals surface area (Å²) < 4.78 is 6.07. The van der Waals surface area contributed by atoms with Crippen molar-refractivity contribution in [3.05, 3.63) is 77.2 Å². The van der Waals surface area contributed by atoms with Gasteiger partial charge in [-0.2, -0.15) is 0 Å². The third kappa shape index (κ3) is 5.46. The van der Waals surface area contributed by atoms with E-state index < -0.39 is 0 Å². The molecule has 29 heavy (non-hydrogen) atoms. The highest BCUT2D eigenvalue weighted by Gasteiger charge is 2.15. The zero-order chi connectivity index (χ0) is 19.9. The molecule has 2 aromatic carbocycles. The van der Waals surface area contributed by atoms with E-state index in [0.29, 0.717) is 12.6 Å². The second-order valence-corrected chi connectivity index (χ2v) is 8.33. The maximum Gasteiger partial charge on any atom is 0.261 e. The van der Waals surface area contributed by atoms with Crippen LogP contribution in [0.2, 0.25) is 0 Å². The van der Waals surface area contributed by atoms with Crippen LogP contribution in [-0.2, 0) is 6.42 Å². The predicted octanol–water partition coefficient (Wildman–Crippen LogP) is 4.52. The van der Waals surface area contributed by atoms with Crippen molar-refractivity contribution in [2.24, 2.45) is 0 Å². The van der Waals surface area contributed by atoms with Crippen LogP contribution in [0.15, 0.2) is 66.7 Å². The van der Waals surface area contributed by atoms with Crippen LogP contribution in [0.4, 0.5) is 0 Å². The Hall–Kier alpha value is -2.63. The number of benzene rings is 2. The van der Waals surface area contributed by atoms with Gasteiger partial charge in [0.15, 0.2) is 0 Å². The van der Waals surface area contributed by atoms with Crippen molar-refractivity contribution in [3.8, 4) is 16.2 Å². The fourth-order valence-corrected chi connectivity index (χ4v) is 4.40. The number of hydrogen-bond donors (Lipinski definition) is 2. The molecule has 4 nitrogen and oxygen atoms in total. The molecule has 0 bridgehead atoms. The van der Waals surface area contributed by atoms with Crippen LogP contribution < -0.4 is 15.4 Å². The molecule has 2 N–H and O–H groups in total. The molecule has 1 aliphatic rings. The average Bonchev–Trinajstić information content (AvgIpc) is 3.26. The SMILES string of the molecule is O=C(NCCc1ccccc1)c1ccc(-c2ccc(OC3CCNCC3)cc2)s1. The summed E-state index contributed by atoms with van der Waals surface area (Å²) in [5.74, 6) is 0.902. The highest BCUT2D eigenvalue weighted by molar-refractivity contribution is 7.17. The lowest BCUT2D eigenvalue weighted by Gasteiger charge is -2.23. The van der Waals surface area contributed by atoms with Gasteiger partial charge in [0.2, 0.25) is 0 Å². The first-order valence-corrected chi connectivity index (χ1v) is 11.0. The van der Waals surface area contributed by atoms with Gasteiger partial charge in [-0.1, -0.05) is 30.3 Å². The first-order valence-electron chi connectivity index (χ1n) is 10.2. The minimum atomic E-state index is -0.0111. The molecule has 0 atom stereocenters. The van der Waals surface area contributed by atoms with E-state index in [4.69, 9.17) is 4.74 Å². The minimum Gasteiger partial charge on any atom is -0.490 e. The molecule has 0 aliphatic carbocycles. The summed E-state index contributed by atoms with van der Waals surface area (Å²) >= 11 is 1.52. The summed E-state index contributed by atoms with van der Waals surface area (Å²) in [5.41, 5.74) is 2.34. The Balaban J connectivity index is 1.31. The van der Waals surface area contributed by atoms with Crippen LogP contribution >= 0.6 is 11.3 Å². The molecule has 1 saturated heterocycles. The van der Waals surface area contributed by atoms with E-state index in [9.17, 15) is 4.79 Å². The molecule has 1 aliphatic heterocycles. The van der Waals surface area contributed by atoms with Gasteiger partial charge in [-0.15, -0.1) is 11.3 Å². The summed E-state index contributed by atoms with van der Waals surface area (Å²) in [7, 11) is 0. The lowest BCUT2D eigenvalue weighted by Crippen LogP contribution is -2.34. The Morgan fingerprint density at radius 3 is 2.52 bits per heavy atom. The smallest absolute Gasteiger partial charge is 0.261 e. The fraction of sp³-hybridized carbons (Fsp3) is 0.292. The van der Waals surface area contributed by atoms with Crippen molar-refractivity contribution >= 4 is 17.2 Å². The van der Waals surface area contributed by atoms with Crippen LogP contribution in [0.3, 0.4) is 0 Å².